The van der Waals surface area contributed by atoms with Crippen LogP contribution in [0.2, 0.25) is 0 Å². The SMILES string of the molecule is COc1cc(-c2ccc(C3CCc4ccc([C@H](C5CCC5)[C@H](C)C(=O)O)cc4O3)cc2CN2CCCC2)c(F)cn1. The maximum atomic E-state index is 15.0. The lowest BCUT2D eigenvalue weighted by molar-refractivity contribution is -0.142. The van der Waals surface area contributed by atoms with Gasteiger partial charge in [0.05, 0.1) is 19.2 Å². The number of pyridine rings is 1. The Morgan fingerprint density at radius 2 is 1.90 bits per heavy atom. The van der Waals surface area contributed by atoms with Crippen LogP contribution in [0.4, 0.5) is 4.39 Å². The van der Waals surface area contributed by atoms with E-state index in [1.807, 2.05) is 13.0 Å². The van der Waals surface area contributed by atoms with Crippen LogP contribution in [0.3, 0.4) is 0 Å². The number of hydrogen-bond donors (Lipinski definition) is 1. The van der Waals surface area contributed by atoms with Crippen molar-refractivity contribution >= 4 is 5.97 Å². The van der Waals surface area contributed by atoms with E-state index in [0.717, 1.165) is 73.3 Å². The first-order valence-electron chi connectivity index (χ1n) is 15.0. The minimum Gasteiger partial charge on any atom is -0.485 e. The summed E-state index contributed by atoms with van der Waals surface area (Å²) in [6.07, 6.45) is 8.54. The van der Waals surface area contributed by atoms with Gasteiger partial charge in [-0.05, 0) is 97.3 Å². The molecule has 3 aliphatic rings. The highest BCUT2D eigenvalue weighted by molar-refractivity contribution is 5.71. The number of aryl methyl sites for hydroxylation is 1. The van der Waals surface area contributed by atoms with Crippen molar-refractivity contribution < 1.29 is 23.8 Å². The molecule has 1 aromatic heterocycles. The van der Waals surface area contributed by atoms with Crippen molar-refractivity contribution in [1.82, 2.24) is 9.88 Å². The number of carboxylic acids is 1. The van der Waals surface area contributed by atoms with Crippen LogP contribution in [0.25, 0.3) is 11.1 Å². The molecule has 2 aromatic carbocycles. The summed E-state index contributed by atoms with van der Waals surface area (Å²) in [6.45, 7) is 4.66. The number of halogens is 1. The Hall–Kier alpha value is -3.45. The minimum absolute atomic E-state index is 0.00544. The maximum absolute atomic E-state index is 15.0. The summed E-state index contributed by atoms with van der Waals surface area (Å²) < 4.78 is 27.0. The number of methoxy groups -OCH3 is 1. The van der Waals surface area contributed by atoms with Crippen molar-refractivity contribution in [1.29, 1.82) is 0 Å². The van der Waals surface area contributed by atoms with Gasteiger partial charge in [-0.25, -0.2) is 9.37 Å². The predicted octanol–water partition coefficient (Wildman–Crippen LogP) is 7.16. The molecule has 0 amide bonds. The molecule has 6 nitrogen and oxygen atoms in total. The summed E-state index contributed by atoms with van der Waals surface area (Å²) in [5, 5.41) is 9.82. The minimum atomic E-state index is -0.743. The van der Waals surface area contributed by atoms with Crippen LogP contribution in [0.5, 0.6) is 11.6 Å². The quantitative estimate of drug-likeness (QED) is 0.300. The monoisotopic (exact) mass is 558 g/mol. The molecule has 1 N–H and O–H groups in total. The molecule has 3 aromatic rings. The van der Waals surface area contributed by atoms with E-state index in [4.69, 9.17) is 9.47 Å². The van der Waals surface area contributed by atoms with E-state index in [0.29, 0.717) is 17.4 Å². The first-order valence-corrected chi connectivity index (χ1v) is 15.0. The molecule has 41 heavy (non-hydrogen) atoms. The fourth-order valence-corrected chi connectivity index (χ4v) is 6.88. The average molecular weight is 559 g/mol. The first kappa shape index (κ1) is 27.7. The molecule has 1 aliphatic carbocycles. The molecule has 7 heteroatoms. The highest BCUT2D eigenvalue weighted by atomic mass is 19.1. The smallest absolute Gasteiger partial charge is 0.306 e. The van der Waals surface area contributed by atoms with Crippen LogP contribution in [0, 0.1) is 17.7 Å². The molecule has 0 radical (unpaired) electrons. The molecule has 0 bridgehead atoms. The third kappa shape index (κ3) is 5.69. The van der Waals surface area contributed by atoms with Crippen molar-refractivity contribution in [3.05, 3.63) is 76.7 Å². The van der Waals surface area contributed by atoms with Gasteiger partial charge in [0, 0.05) is 18.2 Å². The van der Waals surface area contributed by atoms with Gasteiger partial charge in [-0.15, -0.1) is 0 Å². The van der Waals surface area contributed by atoms with Gasteiger partial charge in [0.2, 0.25) is 5.88 Å². The van der Waals surface area contributed by atoms with Crippen LogP contribution in [0.15, 0.2) is 48.7 Å². The number of aromatic nitrogens is 1. The van der Waals surface area contributed by atoms with E-state index < -0.39 is 11.9 Å². The lowest BCUT2D eigenvalue weighted by Gasteiger charge is -2.37. The number of fused-ring (bicyclic) bond motifs is 1. The number of carboxylic acid groups (broad SMARTS) is 1. The van der Waals surface area contributed by atoms with Crippen molar-refractivity contribution in [3.8, 4) is 22.8 Å². The standard InChI is InChI=1S/C34H39FN2O4/c1-21(34(38)39)33(23-6-5-7-23)25-9-8-22-11-13-30(41-31(22)17-25)24-10-12-27(26(16-24)20-37-14-3-4-15-37)28-18-32(40-2)36-19-29(28)35/h8-10,12,16-19,21,23,30,33H,3-7,11,13-15,20H2,1-2H3,(H,38,39)/t21-,30?,33-/m0/s1. The normalized spacial score (nSPS) is 20.5. The number of aliphatic carboxylic acids is 1. The molecule has 2 fully saturated rings. The zero-order chi connectivity index (χ0) is 28.5. The Bertz CT molecular complexity index is 1420. The Labute approximate surface area is 241 Å². The van der Waals surface area contributed by atoms with Crippen molar-refractivity contribution in [3.63, 3.8) is 0 Å². The number of nitrogens with zero attached hydrogens (tertiary/aromatic N) is 2. The van der Waals surface area contributed by atoms with Gasteiger partial charge in [0.25, 0.3) is 0 Å². The topological polar surface area (TPSA) is 71.9 Å². The second-order valence-corrected chi connectivity index (χ2v) is 12.0. The van der Waals surface area contributed by atoms with Crippen LogP contribution in [-0.4, -0.2) is 41.2 Å². The van der Waals surface area contributed by atoms with Gasteiger partial charge in [-0.1, -0.05) is 43.7 Å². The highest BCUT2D eigenvalue weighted by Crippen LogP contribution is 2.46. The van der Waals surface area contributed by atoms with Gasteiger partial charge >= 0.3 is 5.97 Å². The van der Waals surface area contributed by atoms with E-state index in [9.17, 15) is 9.90 Å². The average Bonchev–Trinajstić information content (AvgIpc) is 3.47. The Morgan fingerprint density at radius 1 is 1.10 bits per heavy atom. The fraction of sp³-hybridized carbons (Fsp3) is 0.471. The molecule has 1 unspecified atom stereocenters. The van der Waals surface area contributed by atoms with Crippen molar-refractivity contribution in [2.75, 3.05) is 20.2 Å². The summed E-state index contributed by atoms with van der Waals surface area (Å²) in [5.74, 6) is 0.0977. The van der Waals surface area contributed by atoms with Crippen LogP contribution < -0.4 is 9.47 Å². The fourth-order valence-electron chi connectivity index (χ4n) is 6.88. The van der Waals surface area contributed by atoms with Crippen molar-refractivity contribution in [2.24, 2.45) is 11.8 Å². The number of carbonyl (C=O) groups is 1. The third-order valence-corrected chi connectivity index (χ3v) is 9.43. The third-order valence-electron chi connectivity index (χ3n) is 9.43. The zero-order valence-electron chi connectivity index (χ0n) is 23.9. The lowest BCUT2D eigenvalue weighted by atomic mass is 9.68. The van der Waals surface area contributed by atoms with E-state index in [1.165, 1.54) is 31.0 Å². The zero-order valence-corrected chi connectivity index (χ0v) is 23.9. The molecule has 6 rings (SSSR count). The first-order chi connectivity index (χ1) is 19.9. The largest absolute Gasteiger partial charge is 0.485 e. The van der Waals surface area contributed by atoms with Gasteiger partial charge in [0.1, 0.15) is 17.7 Å². The van der Waals surface area contributed by atoms with E-state index in [-0.39, 0.29) is 17.8 Å². The summed E-state index contributed by atoms with van der Waals surface area (Å²) in [7, 11) is 1.54. The molecule has 3 heterocycles. The Morgan fingerprint density at radius 3 is 2.61 bits per heavy atom. The second-order valence-electron chi connectivity index (χ2n) is 12.0. The number of hydrogen-bond acceptors (Lipinski definition) is 5. The molecule has 2 aliphatic heterocycles. The molecular weight excluding hydrogens is 519 g/mol. The van der Waals surface area contributed by atoms with Gasteiger partial charge < -0.3 is 14.6 Å². The van der Waals surface area contributed by atoms with E-state index in [1.54, 1.807) is 13.2 Å². The molecule has 1 saturated carbocycles. The summed E-state index contributed by atoms with van der Waals surface area (Å²) >= 11 is 0. The predicted molar refractivity (Wildman–Crippen MR) is 156 cm³/mol. The number of ether oxygens (including phenoxy) is 2. The van der Waals surface area contributed by atoms with Gasteiger partial charge in [-0.2, -0.15) is 0 Å². The van der Waals surface area contributed by atoms with Gasteiger partial charge in [0.15, 0.2) is 0 Å². The molecule has 216 valence electrons. The number of benzene rings is 2. The highest BCUT2D eigenvalue weighted by Gasteiger charge is 2.36. The second kappa shape index (κ2) is 11.8. The molecule has 1 saturated heterocycles. The van der Waals surface area contributed by atoms with Crippen LogP contribution in [-0.2, 0) is 17.8 Å². The van der Waals surface area contributed by atoms with Crippen LogP contribution in [0.1, 0.15) is 79.7 Å². The van der Waals surface area contributed by atoms with E-state index >= 15 is 4.39 Å². The summed E-state index contributed by atoms with van der Waals surface area (Å²) in [5.41, 5.74) is 5.72. The van der Waals surface area contributed by atoms with E-state index in [2.05, 4.69) is 40.2 Å². The Balaban J connectivity index is 1.31. The Kier molecular flexibility index (Phi) is 7.98. The number of rotatable bonds is 9. The molecule has 3 atom stereocenters. The van der Waals surface area contributed by atoms with Crippen LogP contribution >= 0.6 is 0 Å². The summed E-state index contributed by atoms with van der Waals surface area (Å²) in [4.78, 5) is 18.4. The van der Waals surface area contributed by atoms with Gasteiger partial charge in [-0.3, -0.25) is 9.69 Å². The molecular formula is C34H39FN2O4. The maximum Gasteiger partial charge on any atom is 0.306 e. The number of likely N-dealkylation sites (tertiary alicyclic amines) is 1. The lowest BCUT2D eigenvalue weighted by Crippen LogP contribution is -2.30. The molecule has 0 spiro atoms. The van der Waals surface area contributed by atoms with Crippen molar-refractivity contribution in [2.45, 2.75) is 70.4 Å². The summed E-state index contributed by atoms with van der Waals surface area (Å²) in [6, 6.07) is 14.3.